The van der Waals surface area contributed by atoms with Crippen LogP contribution in [0.5, 0.6) is 23.0 Å². The molecule has 2 rings (SSSR count). The Morgan fingerprint density at radius 2 is 1.89 bits per heavy atom. The predicted octanol–water partition coefficient (Wildman–Crippen LogP) is 2.15. The second kappa shape index (κ2) is 6.02. The van der Waals surface area contributed by atoms with Crippen LogP contribution < -0.4 is 24.3 Å². The molecule has 5 nitrogen and oxygen atoms in total. The standard InChI is InChI=1S/C14H21NO4/c1-15-9-6-5-7-19-10-8-11(16-2)13(17-3)14(18-4)12(9)10/h8-9,15H,5-7H2,1-4H3. The van der Waals surface area contributed by atoms with Gasteiger partial charge in [-0.1, -0.05) is 0 Å². The SMILES string of the molecule is CNC1CCCOc2cc(OC)c(OC)c(OC)c21. The van der Waals surface area contributed by atoms with Gasteiger partial charge in [0, 0.05) is 12.1 Å². The molecular formula is C14H21NO4. The molecule has 0 saturated heterocycles. The molecule has 0 saturated carbocycles. The van der Waals surface area contributed by atoms with Crippen molar-refractivity contribution in [3.05, 3.63) is 11.6 Å². The van der Waals surface area contributed by atoms with Crippen molar-refractivity contribution < 1.29 is 18.9 Å². The Morgan fingerprint density at radius 1 is 1.16 bits per heavy atom. The van der Waals surface area contributed by atoms with Crippen molar-refractivity contribution in [2.24, 2.45) is 0 Å². The molecule has 0 amide bonds. The maximum atomic E-state index is 5.81. The average Bonchev–Trinajstić information content (AvgIpc) is 2.66. The number of methoxy groups -OCH3 is 3. The van der Waals surface area contributed by atoms with Crippen molar-refractivity contribution in [1.82, 2.24) is 5.32 Å². The van der Waals surface area contributed by atoms with Crippen molar-refractivity contribution in [3.63, 3.8) is 0 Å². The van der Waals surface area contributed by atoms with Crippen LogP contribution in [-0.2, 0) is 0 Å². The minimum absolute atomic E-state index is 0.187. The van der Waals surface area contributed by atoms with Crippen LogP contribution >= 0.6 is 0 Å². The molecule has 0 spiro atoms. The zero-order valence-corrected chi connectivity index (χ0v) is 11.9. The number of rotatable bonds is 4. The number of hydrogen-bond donors (Lipinski definition) is 1. The van der Waals surface area contributed by atoms with E-state index in [1.807, 2.05) is 13.1 Å². The fourth-order valence-corrected chi connectivity index (χ4v) is 2.51. The number of benzene rings is 1. The Kier molecular flexibility index (Phi) is 4.37. The Bertz CT molecular complexity index is 448. The molecule has 1 aliphatic heterocycles. The van der Waals surface area contributed by atoms with Crippen LogP contribution in [0.4, 0.5) is 0 Å². The summed E-state index contributed by atoms with van der Waals surface area (Å²) < 4.78 is 22.1. The van der Waals surface area contributed by atoms with E-state index < -0.39 is 0 Å². The quantitative estimate of drug-likeness (QED) is 0.905. The smallest absolute Gasteiger partial charge is 0.203 e. The van der Waals surface area contributed by atoms with Crippen molar-refractivity contribution in [3.8, 4) is 23.0 Å². The van der Waals surface area contributed by atoms with Crippen molar-refractivity contribution in [2.75, 3.05) is 35.0 Å². The zero-order chi connectivity index (χ0) is 13.8. The highest BCUT2D eigenvalue weighted by Crippen LogP contribution is 2.49. The normalized spacial score (nSPS) is 18.0. The summed E-state index contributed by atoms with van der Waals surface area (Å²) in [6.07, 6.45) is 1.99. The van der Waals surface area contributed by atoms with Gasteiger partial charge in [0.15, 0.2) is 11.5 Å². The highest BCUT2D eigenvalue weighted by Gasteiger charge is 2.28. The van der Waals surface area contributed by atoms with E-state index in [1.54, 1.807) is 21.3 Å². The van der Waals surface area contributed by atoms with Crippen molar-refractivity contribution in [1.29, 1.82) is 0 Å². The topological polar surface area (TPSA) is 49.0 Å². The minimum Gasteiger partial charge on any atom is -0.493 e. The molecule has 106 valence electrons. The van der Waals surface area contributed by atoms with Gasteiger partial charge in [-0.2, -0.15) is 0 Å². The molecule has 1 aromatic carbocycles. The molecule has 1 aromatic rings. The fourth-order valence-electron chi connectivity index (χ4n) is 2.51. The Hall–Kier alpha value is -1.62. The third kappa shape index (κ3) is 2.42. The maximum absolute atomic E-state index is 5.81. The lowest BCUT2D eigenvalue weighted by Crippen LogP contribution is -2.17. The second-order valence-corrected chi connectivity index (χ2v) is 4.39. The molecule has 1 atom stereocenters. The molecule has 0 radical (unpaired) electrons. The van der Waals surface area contributed by atoms with E-state index in [2.05, 4.69) is 5.32 Å². The molecule has 5 heteroatoms. The first-order valence-corrected chi connectivity index (χ1v) is 6.39. The van der Waals surface area contributed by atoms with Gasteiger partial charge in [-0.25, -0.2) is 0 Å². The third-order valence-corrected chi connectivity index (χ3v) is 3.42. The van der Waals surface area contributed by atoms with Crippen LogP contribution in [0, 0.1) is 0 Å². The summed E-state index contributed by atoms with van der Waals surface area (Å²) in [6, 6.07) is 2.05. The lowest BCUT2D eigenvalue weighted by molar-refractivity contribution is 0.300. The van der Waals surface area contributed by atoms with Crippen LogP contribution in [0.25, 0.3) is 0 Å². The molecule has 1 heterocycles. The number of fused-ring (bicyclic) bond motifs is 1. The highest BCUT2D eigenvalue weighted by atomic mass is 16.5. The second-order valence-electron chi connectivity index (χ2n) is 4.39. The van der Waals surface area contributed by atoms with Crippen LogP contribution in [0.1, 0.15) is 24.4 Å². The van der Waals surface area contributed by atoms with Crippen LogP contribution in [-0.4, -0.2) is 35.0 Å². The van der Waals surface area contributed by atoms with Gasteiger partial charge in [0.2, 0.25) is 5.75 Å². The van der Waals surface area contributed by atoms with Gasteiger partial charge >= 0.3 is 0 Å². The van der Waals surface area contributed by atoms with E-state index in [9.17, 15) is 0 Å². The first kappa shape index (κ1) is 13.8. The molecule has 1 N–H and O–H groups in total. The molecule has 1 aliphatic rings. The van der Waals surface area contributed by atoms with Crippen LogP contribution in [0.15, 0.2) is 6.07 Å². The molecular weight excluding hydrogens is 246 g/mol. The summed E-state index contributed by atoms with van der Waals surface area (Å²) in [5, 5.41) is 3.31. The Labute approximate surface area is 113 Å². The number of nitrogens with one attached hydrogen (secondary N) is 1. The lowest BCUT2D eigenvalue weighted by atomic mass is 10.00. The van der Waals surface area contributed by atoms with Crippen molar-refractivity contribution in [2.45, 2.75) is 18.9 Å². The highest BCUT2D eigenvalue weighted by molar-refractivity contribution is 5.63. The Balaban J connectivity index is 2.65. The van der Waals surface area contributed by atoms with Gasteiger partial charge in [0.25, 0.3) is 0 Å². The summed E-state index contributed by atoms with van der Waals surface area (Å²) in [5.74, 6) is 2.70. The molecule has 0 fully saturated rings. The molecule has 0 aliphatic carbocycles. The summed E-state index contributed by atoms with van der Waals surface area (Å²) in [5.41, 5.74) is 1.00. The fraction of sp³-hybridized carbons (Fsp3) is 0.571. The molecule has 19 heavy (non-hydrogen) atoms. The molecule has 1 unspecified atom stereocenters. The number of ether oxygens (including phenoxy) is 4. The first-order valence-electron chi connectivity index (χ1n) is 6.39. The van der Waals surface area contributed by atoms with Gasteiger partial charge in [0.05, 0.1) is 33.5 Å². The van der Waals surface area contributed by atoms with Gasteiger partial charge in [-0.05, 0) is 19.9 Å². The number of hydrogen-bond acceptors (Lipinski definition) is 5. The van der Waals surface area contributed by atoms with E-state index in [1.165, 1.54) is 0 Å². The van der Waals surface area contributed by atoms with E-state index in [-0.39, 0.29) is 6.04 Å². The Morgan fingerprint density at radius 3 is 2.47 bits per heavy atom. The van der Waals surface area contributed by atoms with Crippen LogP contribution in [0.2, 0.25) is 0 Å². The summed E-state index contributed by atoms with van der Waals surface area (Å²) in [4.78, 5) is 0. The maximum Gasteiger partial charge on any atom is 0.203 e. The van der Waals surface area contributed by atoms with Gasteiger partial charge in [-0.3, -0.25) is 0 Å². The van der Waals surface area contributed by atoms with Crippen molar-refractivity contribution >= 4 is 0 Å². The first-order chi connectivity index (χ1) is 9.26. The van der Waals surface area contributed by atoms with E-state index in [0.717, 1.165) is 24.2 Å². The zero-order valence-electron chi connectivity index (χ0n) is 11.9. The summed E-state index contributed by atoms with van der Waals surface area (Å²) in [6.45, 7) is 0.698. The van der Waals surface area contributed by atoms with Crippen LogP contribution in [0.3, 0.4) is 0 Å². The van der Waals surface area contributed by atoms with Gasteiger partial charge in [0.1, 0.15) is 5.75 Å². The van der Waals surface area contributed by atoms with E-state index in [0.29, 0.717) is 23.9 Å². The third-order valence-electron chi connectivity index (χ3n) is 3.42. The largest absolute Gasteiger partial charge is 0.493 e. The van der Waals surface area contributed by atoms with Gasteiger partial charge < -0.3 is 24.3 Å². The summed E-state index contributed by atoms with van der Waals surface area (Å²) >= 11 is 0. The summed E-state index contributed by atoms with van der Waals surface area (Å²) in [7, 11) is 6.79. The van der Waals surface area contributed by atoms with E-state index >= 15 is 0 Å². The predicted molar refractivity (Wildman–Crippen MR) is 72.6 cm³/mol. The minimum atomic E-state index is 0.187. The molecule has 0 aromatic heterocycles. The average molecular weight is 267 g/mol. The van der Waals surface area contributed by atoms with E-state index in [4.69, 9.17) is 18.9 Å². The monoisotopic (exact) mass is 267 g/mol. The van der Waals surface area contributed by atoms with Gasteiger partial charge in [-0.15, -0.1) is 0 Å². The molecule has 0 bridgehead atoms. The lowest BCUT2D eigenvalue weighted by Gasteiger charge is -2.22.